The van der Waals surface area contributed by atoms with E-state index >= 15 is 0 Å². The lowest BCUT2D eigenvalue weighted by atomic mass is 10.1. The number of rotatable bonds is 9. The van der Waals surface area contributed by atoms with Gasteiger partial charge >= 0.3 is 0 Å². The summed E-state index contributed by atoms with van der Waals surface area (Å²) in [5.41, 5.74) is -0.276. The lowest BCUT2D eigenvalue weighted by Crippen LogP contribution is -2.35. The molecule has 0 bridgehead atoms. The molecule has 104 valence electrons. The van der Waals surface area contributed by atoms with Crippen molar-refractivity contribution < 1.29 is 15.2 Å². The molecular weight excluding hydrogens is 234 g/mol. The van der Waals surface area contributed by atoms with Crippen LogP contribution in [-0.4, -0.2) is 34.3 Å². The second-order valence-electron chi connectivity index (χ2n) is 4.16. The molecule has 6 heteroatoms. The summed E-state index contributed by atoms with van der Waals surface area (Å²) < 4.78 is 0. The monoisotopic (exact) mass is 257 g/mol. The average molecular weight is 257 g/mol. The Morgan fingerprint density at radius 1 is 1.06 bits per heavy atom. The van der Waals surface area contributed by atoms with E-state index in [0.717, 1.165) is 12.8 Å². The van der Waals surface area contributed by atoms with Crippen LogP contribution < -0.4 is 5.32 Å². The van der Waals surface area contributed by atoms with E-state index in [-0.39, 0.29) is 11.4 Å². The molecule has 0 aliphatic heterocycles. The van der Waals surface area contributed by atoms with Crippen molar-refractivity contribution in [1.82, 2.24) is 5.32 Å². The van der Waals surface area contributed by atoms with E-state index in [1.165, 1.54) is 32.6 Å². The molecule has 0 aromatic rings. The van der Waals surface area contributed by atoms with Crippen LogP contribution in [0.4, 0.5) is 0 Å². The number of oxime groups is 2. The molecule has 0 aromatic heterocycles. The second-order valence-corrected chi connectivity index (χ2v) is 4.16. The lowest BCUT2D eigenvalue weighted by Gasteiger charge is -2.05. The topological polar surface area (TPSA) is 94.3 Å². The summed E-state index contributed by atoms with van der Waals surface area (Å²) in [7, 11) is 0. The van der Waals surface area contributed by atoms with Crippen molar-refractivity contribution in [2.45, 2.75) is 52.4 Å². The van der Waals surface area contributed by atoms with Gasteiger partial charge in [-0.25, -0.2) is 0 Å². The SMILES string of the molecule is CCCCCCCCNC(=O)C(=N\O)/C(C)=N\O. The van der Waals surface area contributed by atoms with Crippen molar-refractivity contribution in [3.05, 3.63) is 0 Å². The zero-order valence-electron chi connectivity index (χ0n) is 11.1. The van der Waals surface area contributed by atoms with Gasteiger partial charge in [-0.15, -0.1) is 0 Å². The van der Waals surface area contributed by atoms with E-state index in [4.69, 9.17) is 10.4 Å². The average Bonchev–Trinajstić information content (AvgIpc) is 2.38. The number of unbranched alkanes of at least 4 members (excludes halogenated alkanes) is 5. The molecule has 0 rings (SSSR count). The highest BCUT2D eigenvalue weighted by Crippen LogP contribution is 2.04. The van der Waals surface area contributed by atoms with Crippen LogP contribution in [0, 0.1) is 0 Å². The Hall–Kier alpha value is -1.59. The summed E-state index contributed by atoms with van der Waals surface area (Å²) in [5.74, 6) is -0.527. The third-order valence-electron chi connectivity index (χ3n) is 2.62. The van der Waals surface area contributed by atoms with E-state index in [0.29, 0.717) is 6.54 Å². The van der Waals surface area contributed by atoms with Crippen LogP contribution in [0.15, 0.2) is 10.3 Å². The minimum atomic E-state index is -0.527. The molecule has 0 spiro atoms. The van der Waals surface area contributed by atoms with Crippen LogP contribution in [0.3, 0.4) is 0 Å². The normalized spacial score (nSPS) is 12.6. The fraction of sp³-hybridized carbons (Fsp3) is 0.750. The molecule has 6 nitrogen and oxygen atoms in total. The van der Waals surface area contributed by atoms with Crippen LogP contribution in [-0.2, 0) is 4.79 Å². The Morgan fingerprint density at radius 2 is 1.67 bits per heavy atom. The summed E-state index contributed by atoms with van der Waals surface area (Å²) in [6, 6.07) is 0. The van der Waals surface area contributed by atoms with Crippen molar-refractivity contribution in [3.63, 3.8) is 0 Å². The summed E-state index contributed by atoms with van der Waals surface area (Å²) in [5, 5.41) is 25.4. The third kappa shape index (κ3) is 6.88. The van der Waals surface area contributed by atoms with Gasteiger partial charge in [-0.1, -0.05) is 49.3 Å². The molecule has 0 atom stereocenters. The van der Waals surface area contributed by atoms with Crippen molar-refractivity contribution in [3.8, 4) is 0 Å². The van der Waals surface area contributed by atoms with Gasteiger partial charge in [0.25, 0.3) is 5.91 Å². The molecule has 18 heavy (non-hydrogen) atoms. The van der Waals surface area contributed by atoms with Crippen molar-refractivity contribution >= 4 is 17.3 Å². The molecule has 0 unspecified atom stereocenters. The van der Waals surface area contributed by atoms with Crippen LogP contribution in [0.2, 0.25) is 0 Å². The van der Waals surface area contributed by atoms with Gasteiger partial charge in [-0.05, 0) is 13.3 Å². The molecule has 1 amide bonds. The summed E-state index contributed by atoms with van der Waals surface area (Å²) in [6.07, 6.45) is 6.82. The number of carbonyl (C=O) groups is 1. The second kappa shape index (κ2) is 10.6. The molecule has 0 radical (unpaired) electrons. The lowest BCUT2D eigenvalue weighted by molar-refractivity contribution is -0.114. The standard InChI is InChI=1S/C12H23N3O3/c1-3-4-5-6-7-8-9-13-12(16)11(15-18)10(2)14-17/h17-18H,3-9H2,1-2H3,(H,13,16)/b14-10-,15-11-. The van der Waals surface area contributed by atoms with Gasteiger partial charge in [0.2, 0.25) is 0 Å². The van der Waals surface area contributed by atoms with Gasteiger partial charge in [-0.2, -0.15) is 0 Å². The van der Waals surface area contributed by atoms with Crippen LogP contribution >= 0.6 is 0 Å². The number of hydrogen-bond acceptors (Lipinski definition) is 5. The predicted octanol–water partition coefficient (Wildman–Crippen LogP) is 2.14. The van der Waals surface area contributed by atoms with Crippen molar-refractivity contribution in [2.75, 3.05) is 6.54 Å². The Labute approximate surface area is 108 Å². The number of carbonyl (C=O) groups excluding carboxylic acids is 1. The van der Waals surface area contributed by atoms with Gasteiger partial charge in [0.15, 0.2) is 5.71 Å². The summed E-state index contributed by atoms with van der Waals surface area (Å²) in [6.45, 7) is 4.09. The van der Waals surface area contributed by atoms with E-state index in [1.807, 2.05) is 0 Å². The Bertz CT molecular complexity index is 301. The number of nitrogens with zero attached hydrogens (tertiary/aromatic N) is 2. The van der Waals surface area contributed by atoms with Crippen molar-refractivity contribution in [1.29, 1.82) is 0 Å². The molecule has 0 aliphatic rings. The maximum absolute atomic E-state index is 11.5. The van der Waals surface area contributed by atoms with E-state index < -0.39 is 5.91 Å². The van der Waals surface area contributed by atoms with Crippen LogP contribution in [0.25, 0.3) is 0 Å². The van der Waals surface area contributed by atoms with Crippen molar-refractivity contribution in [2.24, 2.45) is 10.3 Å². The highest BCUT2D eigenvalue weighted by Gasteiger charge is 2.15. The summed E-state index contributed by atoms with van der Waals surface area (Å²) in [4.78, 5) is 11.5. The van der Waals surface area contributed by atoms with Gasteiger partial charge < -0.3 is 15.7 Å². The minimum Gasteiger partial charge on any atom is -0.411 e. The minimum absolute atomic E-state index is 0.0158. The van der Waals surface area contributed by atoms with Gasteiger partial charge in [0.1, 0.15) is 5.71 Å². The molecule has 3 N–H and O–H groups in total. The Morgan fingerprint density at radius 3 is 2.22 bits per heavy atom. The molecule has 0 heterocycles. The first kappa shape index (κ1) is 16.4. The molecule has 0 saturated heterocycles. The Balaban J connectivity index is 3.77. The van der Waals surface area contributed by atoms with Gasteiger partial charge in [-0.3, -0.25) is 4.79 Å². The van der Waals surface area contributed by atoms with Crippen LogP contribution in [0.1, 0.15) is 52.4 Å². The maximum atomic E-state index is 11.5. The fourth-order valence-corrected chi connectivity index (χ4v) is 1.52. The van der Waals surface area contributed by atoms with E-state index in [1.54, 1.807) is 0 Å². The highest BCUT2D eigenvalue weighted by molar-refractivity contribution is 6.66. The molecular formula is C12H23N3O3. The van der Waals surface area contributed by atoms with Gasteiger partial charge in [0.05, 0.1) is 0 Å². The fourth-order valence-electron chi connectivity index (χ4n) is 1.52. The molecule has 0 saturated carbocycles. The number of nitrogens with one attached hydrogen (secondary N) is 1. The zero-order valence-corrected chi connectivity index (χ0v) is 11.1. The molecule has 0 fully saturated rings. The number of hydrogen-bond donors (Lipinski definition) is 3. The molecule has 0 aromatic carbocycles. The summed E-state index contributed by atoms with van der Waals surface area (Å²) >= 11 is 0. The first-order valence-electron chi connectivity index (χ1n) is 6.36. The molecule has 0 aliphatic carbocycles. The quantitative estimate of drug-likeness (QED) is 0.255. The van der Waals surface area contributed by atoms with E-state index in [2.05, 4.69) is 22.6 Å². The maximum Gasteiger partial charge on any atom is 0.275 e. The van der Waals surface area contributed by atoms with Gasteiger partial charge in [0, 0.05) is 6.54 Å². The largest absolute Gasteiger partial charge is 0.411 e. The highest BCUT2D eigenvalue weighted by atomic mass is 16.4. The van der Waals surface area contributed by atoms with Crippen LogP contribution in [0.5, 0.6) is 0 Å². The first-order valence-corrected chi connectivity index (χ1v) is 6.36. The number of amides is 1. The van der Waals surface area contributed by atoms with E-state index in [9.17, 15) is 4.79 Å². The third-order valence-corrected chi connectivity index (χ3v) is 2.62. The zero-order chi connectivity index (χ0) is 13.8. The smallest absolute Gasteiger partial charge is 0.275 e. The predicted molar refractivity (Wildman–Crippen MR) is 70.5 cm³/mol. The first-order chi connectivity index (χ1) is 8.67. The Kier molecular flexibility index (Phi) is 9.62.